The van der Waals surface area contributed by atoms with Crippen molar-refractivity contribution < 1.29 is 33.4 Å². The quantitative estimate of drug-likeness (QED) is 0.0361. The van der Waals surface area contributed by atoms with Crippen LogP contribution in [0.5, 0.6) is 0 Å². The number of nitrogens with zero attached hydrogens (tertiary/aromatic N) is 2. The van der Waals surface area contributed by atoms with Crippen molar-refractivity contribution in [3.8, 4) is 0 Å². The minimum atomic E-state index is -0.493. The Bertz CT molecular complexity index is 2650. The minimum absolute atomic E-state index is 0.0618. The van der Waals surface area contributed by atoms with Gasteiger partial charge in [-0.3, -0.25) is 24.2 Å². The predicted molar refractivity (Wildman–Crippen MR) is 269 cm³/mol. The molecule has 8 bridgehead atoms. The van der Waals surface area contributed by atoms with Gasteiger partial charge < -0.3 is 40.7 Å². The van der Waals surface area contributed by atoms with Crippen molar-refractivity contribution in [3.63, 3.8) is 0 Å². The number of carbonyl (C=O) groups excluding carboxylic acids is 5. The molecule has 2 fully saturated rings. The second-order valence-electron chi connectivity index (χ2n) is 18.4. The minimum Gasteiger partial charge on any atom is -0.469 e. The van der Waals surface area contributed by atoms with Crippen LogP contribution in [0.4, 0.5) is 4.79 Å². The highest BCUT2D eigenvalue weighted by Crippen LogP contribution is 2.43. The van der Waals surface area contributed by atoms with Crippen molar-refractivity contribution >= 4 is 80.8 Å². The molecule has 364 valence electrons. The number of aromatic amines is 2. The van der Waals surface area contributed by atoms with Crippen LogP contribution in [0.25, 0.3) is 39.3 Å². The molecule has 0 saturated carbocycles. The number of H-pyrrole nitrogens is 2. The Morgan fingerprint density at radius 2 is 1.56 bits per heavy atom. The number of allylic oxidation sites excluding steroid dienone is 2. The lowest BCUT2D eigenvalue weighted by Gasteiger charge is -2.18. The third-order valence-electron chi connectivity index (χ3n) is 14.2. The number of aromatic nitrogens is 4. The Hall–Kier alpha value is -5.90. The van der Waals surface area contributed by atoms with Gasteiger partial charge in [0.15, 0.2) is 0 Å². The van der Waals surface area contributed by atoms with Crippen molar-refractivity contribution in [2.24, 2.45) is 0 Å². The van der Waals surface area contributed by atoms with Gasteiger partial charge in [0.05, 0.1) is 60.9 Å². The van der Waals surface area contributed by atoms with Gasteiger partial charge in [0, 0.05) is 82.1 Å². The maximum atomic E-state index is 14.6. The molecule has 0 aliphatic carbocycles. The van der Waals surface area contributed by atoms with E-state index in [1.165, 1.54) is 14.2 Å². The zero-order valence-corrected chi connectivity index (χ0v) is 41.5. The molecule has 2 unspecified atom stereocenters. The summed E-state index contributed by atoms with van der Waals surface area (Å²) in [5.74, 6) is -0.598. The van der Waals surface area contributed by atoms with Crippen LogP contribution in [0.15, 0.2) is 24.8 Å². The Kier molecular flexibility index (Phi) is 16.5. The standard InChI is InChI=1S/C52H68N8O7S/c1-9-32-28(3)36-24-38-30(5)34(19-20-45(62)66-7)48(57-38)35(23-46(63)67-8)49-47(31(6)39(58-49)26-41-33(10-2)29(4)37(56-41)25-40(32)55-36)51(64)54-22-16-12-11-15-21-53-44(61)18-14-13-17-43-50-42(27-68-43)59-52(65)60-50/h9,24-26,30,34,42-43,50,55,58H,1,10-23,27H2,2-8H3,(H,53,61)(H,54,64)(H2,59,60,65)/t30-,34-,42?,43-,50?/m0/s1. The number of rotatable bonds is 20. The molecule has 0 spiro atoms. The number of methoxy groups -OCH3 is 2. The molecule has 7 rings (SSSR count). The van der Waals surface area contributed by atoms with Crippen LogP contribution < -0.4 is 21.3 Å². The van der Waals surface area contributed by atoms with Crippen LogP contribution in [-0.2, 0) is 30.3 Å². The van der Waals surface area contributed by atoms with E-state index in [0.717, 1.165) is 108 Å². The van der Waals surface area contributed by atoms with Crippen molar-refractivity contribution in [3.05, 3.63) is 75.4 Å². The molecule has 2 saturated heterocycles. The van der Waals surface area contributed by atoms with Crippen LogP contribution in [0, 0.1) is 13.8 Å². The second-order valence-corrected chi connectivity index (χ2v) is 19.7. The lowest BCUT2D eigenvalue weighted by atomic mass is 9.85. The van der Waals surface area contributed by atoms with Crippen LogP contribution in [0.1, 0.15) is 159 Å². The number of ether oxygens (including phenoxy) is 2. The highest BCUT2D eigenvalue weighted by atomic mass is 32.2. The van der Waals surface area contributed by atoms with E-state index in [4.69, 9.17) is 19.4 Å². The number of unbranched alkanes of at least 4 members (excludes halogenated alkanes) is 4. The van der Waals surface area contributed by atoms with Crippen molar-refractivity contribution in [2.75, 3.05) is 33.1 Å². The molecule has 4 aliphatic rings. The number of amides is 4. The first-order valence-electron chi connectivity index (χ1n) is 24.2. The molecule has 3 aromatic heterocycles. The van der Waals surface area contributed by atoms with E-state index in [-0.39, 0.29) is 60.6 Å². The summed E-state index contributed by atoms with van der Waals surface area (Å²) in [6, 6.07) is 6.40. The molecule has 7 heterocycles. The monoisotopic (exact) mass is 948 g/mol. The highest BCUT2D eigenvalue weighted by molar-refractivity contribution is 8.00. The smallest absolute Gasteiger partial charge is 0.315 e. The highest BCUT2D eigenvalue weighted by Gasteiger charge is 2.42. The lowest BCUT2D eigenvalue weighted by molar-refractivity contribution is -0.141. The molecule has 4 amide bonds. The molecule has 16 heteroatoms. The molecule has 3 aromatic rings. The molecule has 0 aromatic carbocycles. The summed E-state index contributed by atoms with van der Waals surface area (Å²) in [5.41, 5.74) is 11.6. The van der Waals surface area contributed by atoms with Gasteiger partial charge in [0.1, 0.15) is 0 Å². The van der Waals surface area contributed by atoms with Gasteiger partial charge in [-0.25, -0.2) is 9.78 Å². The van der Waals surface area contributed by atoms with Gasteiger partial charge in [-0.1, -0.05) is 45.8 Å². The van der Waals surface area contributed by atoms with E-state index < -0.39 is 5.97 Å². The first-order valence-corrected chi connectivity index (χ1v) is 25.3. The number of aryl methyl sites for hydroxylation is 2. The number of urea groups is 1. The van der Waals surface area contributed by atoms with Gasteiger partial charge in [-0.05, 0) is 99.8 Å². The summed E-state index contributed by atoms with van der Waals surface area (Å²) < 4.78 is 10.3. The first kappa shape index (κ1) is 50.0. The van der Waals surface area contributed by atoms with Crippen molar-refractivity contribution in [1.82, 2.24) is 41.2 Å². The van der Waals surface area contributed by atoms with Crippen molar-refractivity contribution in [2.45, 2.75) is 141 Å². The third-order valence-corrected chi connectivity index (χ3v) is 15.7. The maximum absolute atomic E-state index is 14.6. The second kappa shape index (κ2) is 22.5. The average Bonchev–Trinajstić information content (AvgIpc) is 4.15. The Labute approximate surface area is 403 Å². The fourth-order valence-corrected chi connectivity index (χ4v) is 11.7. The zero-order valence-electron chi connectivity index (χ0n) is 40.7. The number of esters is 2. The van der Waals surface area contributed by atoms with E-state index >= 15 is 0 Å². The van der Waals surface area contributed by atoms with E-state index in [0.29, 0.717) is 64.6 Å². The normalized spacial score (nSPS) is 19.6. The summed E-state index contributed by atoms with van der Waals surface area (Å²) >= 11 is 1.89. The summed E-state index contributed by atoms with van der Waals surface area (Å²) in [5, 5.41) is 12.6. The number of thioether (sulfide) groups is 1. The largest absolute Gasteiger partial charge is 0.469 e. The van der Waals surface area contributed by atoms with E-state index in [2.05, 4.69) is 64.7 Å². The first-order chi connectivity index (χ1) is 32.8. The number of nitrogens with one attached hydrogen (secondary N) is 6. The Balaban J connectivity index is 1.13. The summed E-state index contributed by atoms with van der Waals surface area (Å²) in [7, 11) is 2.71. The van der Waals surface area contributed by atoms with Crippen LogP contribution in [0.2, 0.25) is 0 Å². The maximum Gasteiger partial charge on any atom is 0.315 e. The van der Waals surface area contributed by atoms with Crippen LogP contribution >= 0.6 is 11.8 Å². The predicted octanol–water partition coefficient (Wildman–Crippen LogP) is 8.60. The molecule has 0 radical (unpaired) electrons. The molecular weight excluding hydrogens is 881 g/mol. The molecule has 5 atom stereocenters. The Morgan fingerprint density at radius 3 is 2.28 bits per heavy atom. The number of hydrogen-bond donors (Lipinski definition) is 6. The number of fused-ring (bicyclic) bond motifs is 9. The zero-order chi connectivity index (χ0) is 48.6. The summed E-state index contributed by atoms with van der Waals surface area (Å²) in [4.78, 5) is 82.4. The van der Waals surface area contributed by atoms with Gasteiger partial charge in [0.2, 0.25) is 5.91 Å². The molecular formula is C52H68N8O7S. The van der Waals surface area contributed by atoms with E-state index in [9.17, 15) is 24.0 Å². The lowest BCUT2D eigenvalue weighted by Crippen LogP contribution is -2.36. The van der Waals surface area contributed by atoms with Crippen LogP contribution in [-0.4, -0.2) is 100 Å². The Morgan fingerprint density at radius 1 is 0.838 bits per heavy atom. The summed E-state index contributed by atoms with van der Waals surface area (Å²) in [6.45, 7) is 15.4. The summed E-state index contributed by atoms with van der Waals surface area (Å²) in [6.07, 6.45) is 9.54. The molecule has 6 N–H and O–H groups in total. The van der Waals surface area contributed by atoms with E-state index in [1.807, 2.05) is 43.8 Å². The number of carbonyl (C=O) groups is 5. The van der Waals surface area contributed by atoms with E-state index in [1.54, 1.807) is 0 Å². The van der Waals surface area contributed by atoms with Gasteiger partial charge in [-0.2, -0.15) is 11.8 Å². The topological polar surface area (TPSA) is 209 Å². The molecule has 4 aliphatic heterocycles. The average molecular weight is 949 g/mol. The molecule has 15 nitrogen and oxygen atoms in total. The fraction of sp³-hybridized carbons (Fsp3) is 0.519. The fourth-order valence-electron chi connectivity index (χ4n) is 10.2. The van der Waals surface area contributed by atoms with Crippen LogP contribution in [0.3, 0.4) is 0 Å². The van der Waals surface area contributed by atoms with Crippen molar-refractivity contribution in [1.29, 1.82) is 0 Å². The third kappa shape index (κ3) is 11.0. The van der Waals surface area contributed by atoms with Gasteiger partial charge >= 0.3 is 18.0 Å². The molecule has 68 heavy (non-hydrogen) atoms. The van der Waals surface area contributed by atoms with Gasteiger partial charge in [0.25, 0.3) is 5.91 Å². The van der Waals surface area contributed by atoms with Gasteiger partial charge in [-0.15, -0.1) is 0 Å². The SMILES string of the molecule is C=Cc1c(C)c2cc3nc(c(CC(=O)OC)c4[nH]c(cc5nc(cc1[nH]2)C(C)=C5CC)c(C)c4C(=O)NCCCCCCNC(=O)CCCC[C@@H]1SCC2NC(=O)NC21)[C@@H](CCC(=O)OC)[C@@H]3C. The number of hydrogen-bond acceptors (Lipinski definition) is 10.